The third-order valence-corrected chi connectivity index (χ3v) is 7.22. The third kappa shape index (κ3) is 7.12. The lowest BCUT2D eigenvalue weighted by Crippen LogP contribution is -2.29. The molecule has 1 aliphatic rings. The van der Waals surface area contributed by atoms with E-state index in [0.717, 1.165) is 12.8 Å². The van der Waals surface area contributed by atoms with Crippen molar-refractivity contribution in [1.29, 1.82) is 0 Å². The first-order valence-electron chi connectivity index (χ1n) is 11.8. The minimum absolute atomic E-state index is 0.00785. The lowest BCUT2D eigenvalue weighted by molar-refractivity contribution is -0.128. The Kier molecular flexibility index (Phi) is 9.00. The van der Waals surface area contributed by atoms with Gasteiger partial charge < -0.3 is 15.5 Å². The topological polar surface area (TPSA) is 125 Å². The lowest BCUT2D eigenvalue weighted by Gasteiger charge is -2.16. The normalized spacial score (nSPS) is 15.8. The maximum Gasteiger partial charge on any atom is 0.255 e. The Bertz CT molecular complexity index is 1150. The van der Waals surface area contributed by atoms with Crippen molar-refractivity contribution in [2.24, 2.45) is 5.92 Å². The Balaban J connectivity index is 1.54. The fourth-order valence-electron chi connectivity index (χ4n) is 3.70. The van der Waals surface area contributed by atoms with Crippen molar-refractivity contribution in [2.45, 2.75) is 44.4 Å². The first-order valence-corrected chi connectivity index (χ1v) is 13.3. The first-order chi connectivity index (χ1) is 16.7. The molecule has 10 heteroatoms. The molecule has 0 spiro atoms. The second kappa shape index (κ2) is 11.9. The number of likely N-dealkylation sites (tertiary alicyclic amines) is 1. The van der Waals surface area contributed by atoms with Crippen LogP contribution >= 0.6 is 0 Å². The van der Waals surface area contributed by atoms with Gasteiger partial charge in [0.05, 0.1) is 10.8 Å². The molecule has 0 radical (unpaired) electrons. The van der Waals surface area contributed by atoms with E-state index < -0.39 is 10.0 Å². The predicted molar refractivity (Wildman–Crippen MR) is 135 cm³/mol. The average Bonchev–Trinajstić information content (AvgIpc) is 3.22. The number of carbonyl (C=O) groups excluding carboxylic acids is 3. The minimum Gasteiger partial charge on any atom is -0.342 e. The van der Waals surface area contributed by atoms with Gasteiger partial charge in [0.2, 0.25) is 21.8 Å². The van der Waals surface area contributed by atoms with Gasteiger partial charge in [-0.2, -0.15) is 0 Å². The van der Waals surface area contributed by atoms with Gasteiger partial charge in [0.25, 0.3) is 5.91 Å². The van der Waals surface area contributed by atoms with E-state index in [1.54, 1.807) is 29.2 Å². The summed E-state index contributed by atoms with van der Waals surface area (Å²) in [4.78, 5) is 39.1. The quantitative estimate of drug-likeness (QED) is 0.437. The average molecular weight is 501 g/mol. The van der Waals surface area contributed by atoms with Crippen molar-refractivity contribution >= 4 is 39.1 Å². The van der Waals surface area contributed by atoms with E-state index in [0.29, 0.717) is 43.0 Å². The van der Waals surface area contributed by atoms with Crippen LogP contribution in [0.25, 0.3) is 0 Å². The van der Waals surface area contributed by atoms with E-state index in [2.05, 4.69) is 22.3 Å². The molecule has 2 aromatic carbocycles. The zero-order chi connectivity index (χ0) is 25.4. The number of anilines is 2. The standard InChI is InChI=1S/C25H32N4O5S/c1-3-5-15-29-17-19(16-23(29)30)25(32)28-20-8-6-18(7-9-20)24(31)27-21-10-12-22(13-11-21)35(33,34)26-14-4-2/h6-13,19,26H,3-5,14-17H2,1-2H3,(H,27,31)(H,28,32). The minimum atomic E-state index is -3.57. The predicted octanol–water partition coefficient (Wildman–Crippen LogP) is 3.21. The number of rotatable bonds is 11. The van der Waals surface area contributed by atoms with Gasteiger partial charge in [0.1, 0.15) is 0 Å². The van der Waals surface area contributed by atoms with Crippen molar-refractivity contribution in [3.8, 4) is 0 Å². The number of nitrogens with one attached hydrogen (secondary N) is 3. The maximum absolute atomic E-state index is 12.6. The van der Waals surface area contributed by atoms with E-state index in [-0.39, 0.29) is 35.0 Å². The molecule has 1 saturated heterocycles. The van der Waals surface area contributed by atoms with E-state index in [1.807, 2.05) is 6.92 Å². The fourth-order valence-corrected chi connectivity index (χ4v) is 4.84. The van der Waals surface area contributed by atoms with Gasteiger partial charge in [-0.05, 0) is 61.4 Å². The summed E-state index contributed by atoms with van der Waals surface area (Å²) in [5, 5.41) is 5.55. The van der Waals surface area contributed by atoms with Crippen molar-refractivity contribution in [2.75, 3.05) is 30.3 Å². The summed E-state index contributed by atoms with van der Waals surface area (Å²) < 4.78 is 26.8. The largest absolute Gasteiger partial charge is 0.342 e. The molecule has 0 saturated carbocycles. The fraction of sp³-hybridized carbons (Fsp3) is 0.400. The van der Waals surface area contributed by atoms with E-state index in [9.17, 15) is 22.8 Å². The molecular formula is C25H32N4O5S. The Hall–Kier alpha value is -3.24. The lowest BCUT2D eigenvalue weighted by atomic mass is 10.1. The second-order valence-corrected chi connectivity index (χ2v) is 10.3. The molecule has 188 valence electrons. The summed E-state index contributed by atoms with van der Waals surface area (Å²) in [6.07, 6.45) is 2.81. The second-order valence-electron chi connectivity index (χ2n) is 8.54. The summed E-state index contributed by atoms with van der Waals surface area (Å²) in [6.45, 7) is 5.40. The zero-order valence-electron chi connectivity index (χ0n) is 20.0. The highest BCUT2D eigenvalue weighted by atomic mass is 32.2. The smallest absolute Gasteiger partial charge is 0.255 e. The molecule has 3 N–H and O–H groups in total. The molecule has 9 nitrogen and oxygen atoms in total. The number of carbonyl (C=O) groups is 3. The third-order valence-electron chi connectivity index (χ3n) is 5.75. The van der Waals surface area contributed by atoms with Crippen LogP contribution in [0, 0.1) is 5.92 Å². The summed E-state index contributed by atoms with van der Waals surface area (Å²) in [5.74, 6) is -0.951. The van der Waals surface area contributed by atoms with E-state index in [4.69, 9.17) is 0 Å². The molecule has 0 bridgehead atoms. The van der Waals surface area contributed by atoms with Crippen molar-refractivity contribution in [3.05, 3.63) is 54.1 Å². The molecule has 2 aromatic rings. The van der Waals surface area contributed by atoms with Crippen molar-refractivity contribution in [1.82, 2.24) is 9.62 Å². The molecule has 3 rings (SSSR count). The number of hydrogen-bond donors (Lipinski definition) is 3. The zero-order valence-corrected chi connectivity index (χ0v) is 20.9. The number of benzene rings is 2. The van der Waals surface area contributed by atoms with Crippen LogP contribution in [-0.4, -0.2) is 50.7 Å². The number of sulfonamides is 1. The molecule has 0 aromatic heterocycles. The number of amides is 3. The number of unbranched alkanes of at least 4 members (excludes halogenated alkanes) is 1. The number of hydrogen-bond acceptors (Lipinski definition) is 5. The van der Waals surface area contributed by atoms with E-state index >= 15 is 0 Å². The Morgan fingerprint density at radius 1 is 0.943 bits per heavy atom. The van der Waals surface area contributed by atoms with Gasteiger partial charge in [0, 0.05) is 43.0 Å². The van der Waals surface area contributed by atoms with Gasteiger partial charge in [0.15, 0.2) is 0 Å². The molecule has 1 aliphatic heterocycles. The van der Waals surface area contributed by atoms with Crippen LogP contribution in [0.4, 0.5) is 11.4 Å². The molecule has 1 fully saturated rings. The van der Waals surface area contributed by atoms with E-state index in [1.165, 1.54) is 24.3 Å². The van der Waals surface area contributed by atoms with Crippen LogP contribution < -0.4 is 15.4 Å². The molecular weight excluding hydrogens is 468 g/mol. The molecule has 1 heterocycles. The molecule has 1 atom stereocenters. The number of nitrogens with zero attached hydrogens (tertiary/aromatic N) is 1. The Morgan fingerprint density at radius 3 is 2.20 bits per heavy atom. The van der Waals surface area contributed by atoms with Crippen molar-refractivity contribution < 1.29 is 22.8 Å². The summed E-state index contributed by atoms with van der Waals surface area (Å²) >= 11 is 0. The molecule has 0 aliphatic carbocycles. The first kappa shape index (κ1) is 26.4. The van der Waals surface area contributed by atoms with Gasteiger partial charge in [-0.15, -0.1) is 0 Å². The van der Waals surface area contributed by atoms with Gasteiger partial charge in [-0.3, -0.25) is 14.4 Å². The summed E-state index contributed by atoms with van der Waals surface area (Å²) in [7, 11) is -3.57. The SMILES string of the molecule is CCCCN1CC(C(=O)Nc2ccc(C(=O)Nc3ccc(S(=O)(=O)NCCC)cc3)cc2)CC1=O. The van der Waals surface area contributed by atoms with Crippen LogP contribution in [0.5, 0.6) is 0 Å². The van der Waals surface area contributed by atoms with Crippen LogP contribution in [-0.2, 0) is 19.6 Å². The van der Waals surface area contributed by atoms with Crippen LogP contribution in [0.15, 0.2) is 53.4 Å². The Morgan fingerprint density at radius 2 is 1.57 bits per heavy atom. The molecule has 3 amide bonds. The van der Waals surface area contributed by atoms with Crippen LogP contribution in [0.2, 0.25) is 0 Å². The monoisotopic (exact) mass is 500 g/mol. The van der Waals surface area contributed by atoms with Crippen LogP contribution in [0.3, 0.4) is 0 Å². The molecule has 35 heavy (non-hydrogen) atoms. The van der Waals surface area contributed by atoms with Gasteiger partial charge in [-0.25, -0.2) is 13.1 Å². The highest BCUT2D eigenvalue weighted by Gasteiger charge is 2.33. The van der Waals surface area contributed by atoms with Crippen molar-refractivity contribution in [3.63, 3.8) is 0 Å². The van der Waals surface area contributed by atoms with Gasteiger partial charge in [-0.1, -0.05) is 20.3 Å². The Labute approximate surface area is 206 Å². The summed E-state index contributed by atoms with van der Waals surface area (Å²) in [6, 6.07) is 12.4. The maximum atomic E-state index is 12.6. The van der Waals surface area contributed by atoms with Crippen LogP contribution in [0.1, 0.15) is 49.9 Å². The highest BCUT2D eigenvalue weighted by Crippen LogP contribution is 2.21. The van der Waals surface area contributed by atoms with Gasteiger partial charge >= 0.3 is 0 Å². The molecule has 1 unspecified atom stereocenters. The highest BCUT2D eigenvalue weighted by molar-refractivity contribution is 7.89. The summed E-state index contributed by atoms with van der Waals surface area (Å²) in [5.41, 5.74) is 1.38.